The maximum absolute atomic E-state index is 13.0. The Morgan fingerprint density at radius 3 is 2.59 bits per heavy atom. The van der Waals surface area contributed by atoms with Crippen LogP contribution in [0.3, 0.4) is 0 Å². The molecule has 4 nitrogen and oxygen atoms in total. The molecule has 112 valence electrons. The van der Waals surface area contributed by atoms with Gasteiger partial charge in [0.1, 0.15) is 5.82 Å². The van der Waals surface area contributed by atoms with E-state index in [2.05, 4.69) is 5.32 Å². The lowest BCUT2D eigenvalue weighted by molar-refractivity contribution is -0.116. The van der Waals surface area contributed by atoms with Crippen LogP contribution in [0.15, 0.2) is 48.5 Å². The molecule has 1 N–H and O–H groups in total. The Bertz CT molecular complexity index is 728. The van der Waals surface area contributed by atoms with Gasteiger partial charge in [0.05, 0.1) is 11.4 Å². The van der Waals surface area contributed by atoms with Crippen LogP contribution in [0.5, 0.6) is 0 Å². The summed E-state index contributed by atoms with van der Waals surface area (Å²) in [5, 5.41) is 2.81. The van der Waals surface area contributed by atoms with Gasteiger partial charge in [-0.05, 0) is 43.3 Å². The van der Waals surface area contributed by atoms with E-state index >= 15 is 0 Å². The molecule has 0 saturated carbocycles. The Balaban J connectivity index is 2.05. The Labute approximate surface area is 127 Å². The van der Waals surface area contributed by atoms with Crippen molar-refractivity contribution in [2.24, 2.45) is 0 Å². The summed E-state index contributed by atoms with van der Waals surface area (Å²) in [5.41, 5.74) is 1.64. The molecule has 1 atom stereocenters. The standard InChI is InChI=1S/C17H15FN2O2/c1-11-10-16(21)19-14-4-2-3-5-15(14)20(11)17(22)12-6-8-13(18)9-7-12/h2-9,11H,10H2,1H3,(H,19,21). The molecule has 1 aliphatic rings. The number of hydrogen-bond acceptors (Lipinski definition) is 2. The third-order valence-corrected chi connectivity index (χ3v) is 3.67. The van der Waals surface area contributed by atoms with E-state index in [1.165, 1.54) is 24.3 Å². The lowest BCUT2D eigenvalue weighted by Crippen LogP contribution is -2.39. The number of nitrogens with zero attached hydrogens (tertiary/aromatic N) is 1. The number of anilines is 2. The lowest BCUT2D eigenvalue weighted by atomic mass is 10.1. The fourth-order valence-corrected chi connectivity index (χ4v) is 2.63. The highest BCUT2D eigenvalue weighted by molar-refractivity contribution is 6.11. The van der Waals surface area contributed by atoms with Crippen LogP contribution in [-0.2, 0) is 4.79 Å². The Hall–Kier alpha value is -2.69. The average molecular weight is 298 g/mol. The zero-order chi connectivity index (χ0) is 15.7. The van der Waals surface area contributed by atoms with E-state index < -0.39 is 5.82 Å². The quantitative estimate of drug-likeness (QED) is 0.879. The topological polar surface area (TPSA) is 49.4 Å². The zero-order valence-electron chi connectivity index (χ0n) is 12.0. The number of para-hydroxylation sites is 2. The van der Waals surface area contributed by atoms with Crippen LogP contribution in [0, 0.1) is 5.82 Å². The molecule has 0 bridgehead atoms. The van der Waals surface area contributed by atoms with Gasteiger partial charge in [-0.25, -0.2) is 4.39 Å². The van der Waals surface area contributed by atoms with E-state index in [1.807, 2.05) is 13.0 Å². The summed E-state index contributed by atoms with van der Waals surface area (Å²) in [6.45, 7) is 1.82. The van der Waals surface area contributed by atoms with E-state index in [0.29, 0.717) is 16.9 Å². The van der Waals surface area contributed by atoms with E-state index in [4.69, 9.17) is 0 Å². The van der Waals surface area contributed by atoms with Crippen molar-refractivity contribution in [2.75, 3.05) is 10.2 Å². The van der Waals surface area contributed by atoms with E-state index in [-0.39, 0.29) is 24.3 Å². The van der Waals surface area contributed by atoms with Crippen LogP contribution in [0.4, 0.5) is 15.8 Å². The molecule has 3 rings (SSSR count). The predicted molar refractivity (Wildman–Crippen MR) is 82.4 cm³/mol. The Kier molecular flexibility index (Phi) is 3.63. The minimum Gasteiger partial charge on any atom is -0.324 e. The summed E-state index contributed by atoms with van der Waals surface area (Å²) in [6.07, 6.45) is 0.210. The highest BCUT2D eigenvalue weighted by Crippen LogP contribution is 2.32. The number of benzene rings is 2. The fourth-order valence-electron chi connectivity index (χ4n) is 2.63. The first-order valence-electron chi connectivity index (χ1n) is 7.04. The van der Waals surface area contributed by atoms with Gasteiger partial charge >= 0.3 is 0 Å². The van der Waals surface area contributed by atoms with Crippen molar-refractivity contribution in [1.82, 2.24) is 0 Å². The van der Waals surface area contributed by atoms with Crippen LogP contribution < -0.4 is 10.2 Å². The monoisotopic (exact) mass is 298 g/mol. The maximum Gasteiger partial charge on any atom is 0.258 e. The van der Waals surface area contributed by atoms with Crippen LogP contribution in [0.2, 0.25) is 0 Å². The highest BCUT2D eigenvalue weighted by atomic mass is 19.1. The molecule has 2 amide bonds. The molecular weight excluding hydrogens is 283 g/mol. The van der Waals surface area contributed by atoms with Gasteiger partial charge in [-0.3, -0.25) is 9.59 Å². The normalized spacial score (nSPS) is 17.5. The van der Waals surface area contributed by atoms with Gasteiger partial charge in [0.15, 0.2) is 0 Å². The first kappa shape index (κ1) is 14.3. The van der Waals surface area contributed by atoms with Crippen LogP contribution in [-0.4, -0.2) is 17.9 Å². The van der Waals surface area contributed by atoms with Gasteiger partial charge in [0.25, 0.3) is 5.91 Å². The molecule has 0 spiro atoms. The summed E-state index contributed by atoms with van der Waals surface area (Å²) in [6, 6.07) is 12.3. The zero-order valence-corrected chi connectivity index (χ0v) is 12.0. The van der Waals surface area contributed by atoms with Gasteiger partial charge < -0.3 is 10.2 Å². The molecule has 0 saturated heterocycles. The maximum atomic E-state index is 13.0. The number of hydrogen-bond donors (Lipinski definition) is 1. The summed E-state index contributed by atoms with van der Waals surface area (Å²) in [4.78, 5) is 26.3. The van der Waals surface area contributed by atoms with Crippen molar-refractivity contribution in [3.63, 3.8) is 0 Å². The lowest BCUT2D eigenvalue weighted by Gasteiger charge is -2.27. The minimum atomic E-state index is -0.391. The number of rotatable bonds is 1. The molecule has 1 heterocycles. The van der Waals surface area contributed by atoms with Crippen LogP contribution in [0.25, 0.3) is 0 Å². The third kappa shape index (κ3) is 2.57. The second kappa shape index (κ2) is 5.60. The number of fused-ring (bicyclic) bond motifs is 1. The van der Waals surface area contributed by atoms with Gasteiger partial charge in [-0.15, -0.1) is 0 Å². The van der Waals surface area contributed by atoms with Crippen LogP contribution in [0.1, 0.15) is 23.7 Å². The fraction of sp³-hybridized carbons (Fsp3) is 0.176. The second-order valence-corrected chi connectivity index (χ2v) is 5.30. The van der Waals surface area contributed by atoms with Crippen molar-refractivity contribution in [3.05, 3.63) is 59.9 Å². The van der Waals surface area contributed by atoms with E-state index in [9.17, 15) is 14.0 Å². The van der Waals surface area contributed by atoms with E-state index in [1.54, 1.807) is 23.1 Å². The molecule has 2 aromatic carbocycles. The van der Waals surface area contributed by atoms with Crippen molar-refractivity contribution in [3.8, 4) is 0 Å². The Morgan fingerprint density at radius 2 is 1.86 bits per heavy atom. The van der Waals surface area contributed by atoms with Crippen molar-refractivity contribution in [2.45, 2.75) is 19.4 Å². The van der Waals surface area contributed by atoms with E-state index in [0.717, 1.165) is 0 Å². The molecule has 5 heteroatoms. The molecule has 2 aromatic rings. The first-order valence-corrected chi connectivity index (χ1v) is 7.04. The average Bonchev–Trinajstić information content (AvgIpc) is 2.61. The van der Waals surface area contributed by atoms with Crippen molar-refractivity contribution < 1.29 is 14.0 Å². The predicted octanol–water partition coefficient (Wildman–Crippen LogP) is 3.20. The second-order valence-electron chi connectivity index (χ2n) is 5.30. The molecule has 0 radical (unpaired) electrons. The number of halogens is 1. The largest absolute Gasteiger partial charge is 0.324 e. The smallest absolute Gasteiger partial charge is 0.258 e. The minimum absolute atomic E-state index is 0.130. The summed E-state index contributed by atoms with van der Waals surface area (Å²) < 4.78 is 13.0. The van der Waals surface area contributed by atoms with Crippen molar-refractivity contribution >= 4 is 23.2 Å². The molecule has 0 aromatic heterocycles. The molecule has 0 fully saturated rings. The summed E-state index contributed by atoms with van der Waals surface area (Å²) in [7, 11) is 0. The first-order chi connectivity index (χ1) is 10.6. The molecule has 1 aliphatic heterocycles. The summed E-state index contributed by atoms with van der Waals surface area (Å²) >= 11 is 0. The number of amides is 2. The van der Waals surface area contributed by atoms with Gasteiger partial charge in [0.2, 0.25) is 5.91 Å². The molecule has 22 heavy (non-hydrogen) atoms. The van der Waals surface area contributed by atoms with Gasteiger partial charge in [-0.1, -0.05) is 12.1 Å². The molecule has 0 aliphatic carbocycles. The number of nitrogens with one attached hydrogen (secondary N) is 1. The highest BCUT2D eigenvalue weighted by Gasteiger charge is 2.30. The third-order valence-electron chi connectivity index (χ3n) is 3.67. The Morgan fingerprint density at radius 1 is 1.18 bits per heavy atom. The number of carbonyl (C=O) groups is 2. The summed E-state index contributed by atoms with van der Waals surface area (Å²) in [5.74, 6) is -0.775. The SMILES string of the molecule is CC1CC(=O)Nc2ccccc2N1C(=O)c1ccc(F)cc1. The van der Waals surface area contributed by atoms with Gasteiger partial charge in [0, 0.05) is 18.0 Å². The van der Waals surface area contributed by atoms with Gasteiger partial charge in [-0.2, -0.15) is 0 Å². The van der Waals surface area contributed by atoms with Crippen molar-refractivity contribution in [1.29, 1.82) is 0 Å². The molecular formula is C17H15FN2O2. The molecule has 1 unspecified atom stereocenters. The van der Waals surface area contributed by atoms with Crippen LogP contribution >= 0.6 is 0 Å². The number of carbonyl (C=O) groups excluding carboxylic acids is 2.